The molecule has 0 spiro atoms. The van der Waals surface area contributed by atoms with Gasteiger partial charge in [-0.15, -0.1) is 11.3 Å². The van der Waals surface area contributed by atoms with Gasteiger partial charge in [-0.3, -0.25) is 4.79 Å². The van der Waals surface area contributed by atoms with Crippen molar-refractivity contribution in [2.24, 2.45) is 0 Å². The summed E-state index contributed by atoms with van der Waals surface area (Å²) in [7, 11) is 0. The molecule has 0 fully saturated rings. The Kier molecular flexibility index (Phi) is 4.79. The van der Waals surface area contributed by atoms with Gasteiger partial charge in [-0.05, 0) is 56.2 Å². The van der Waals surface area contributed by atoms with Crippen molar-refractivity contribution in [3.63, 3.8) is 0 Å². The Morgan fingerprint density at radius 1 is 1.24 bits per heavy atom. The molecule has 3 nitrogen and oxygen atoms in total. The van der Waals surface area contributed by atoms with Gasteiger partial charge in [0.15, 0.2) is 0 Å². The number of amides is 1. The number of thiophene rings is 1. The lowest BCUT2D eigenvalue weighted by atomic mass is 10.1. The minimum absolute atomic E-state index is 0.0928. The maximum Gasteiger partial charge on any atom is 0.265 e. The van der Waals surface area contributed by atoms with Crippen LogP contribution in [-0.4, -0.2) is 17.6 Å². The van der Waals surface area contributed by atoms with Crippen LogP contribution in [0.3, 0.4) is 0 Å². The number of aliphatic hydroxyl groups excluding tert-OH is 1. The van der Waals surface area contributed by atoms with E-state index in [9.17, 15) is 4.79 Å². The molecule has 2 aromatic rings. The van der Waals surface area contributed by atoms with E-state index in [2.05, 4.69) is 17.2 Å². The van der Waals surface area contributed by atoms with Gasteiger partial charge in [-0.25, -0.2) is 0 Å². The molecule has 108 valence electrons. The average molecular weight is 299 g/mol. The molecule has 2 rings (SSSR count). The number of carbonyl (C=O) groups is 1. The standard InChI is InChI=1S/C17H17NO2S/c1-11-10-16(21-13(11)3)17(20)18-15-7-6-14(5-4-8-19)12(2)9-15/h6-7,9-10,19H,8H2,1-3H3,(H,18,20). The van der Waals surface area contributed by atoms with Crippen molar-refractivity contribution in [3.05, 3.63) is 50.7 Å². The fourth-order valence-electron chi connectivity index (χ4n) is 1.89. The number of rotatable bonds is 2. The highest BCUT2D eigenvalue weighted by Crippen LogP contribution is 2.22. The number of carbonyl (C=O) groups excluding carboxylic acids is 1. The summed E-state index contributed by atoms with van der Waals surface area (Å²) >= 11 is 1.50. The number of anilines is 1. The van der Waals surface area contributed by atoms with Crippen LogP contribution in [0.25, 0.3) is 0 Å². The number of aryl methyl sites for hydroxylation is 3. The third-order valence-corrected chi connectivity index (χ3v) is 4.33. The van der Waals surface area contributed by atoms with Crippen LogP contribution in [0.4, 0.5) is 5.69 Å². The van der Waals surface area contributed by atoms with E-state index in [0.29, 0.717) is 4.88 Å². The molecule has 0 radical (unpaired) electrons. The smallest absolute Gasteiger partial charge is 0.265 e. The lowest BCUT2D eigenvalue weighted by Crippen LogP contribution is -2.10. The van der Waals surface area contributed by atoms with E-state index in [-0.39, 0.29) is 12.5 Å². The third kappa shape index (κ3) is 3.72. The molecule has 0 unspecified atom stereocenters. The van der Waals surface area contributed by atoms with Crippen LogP contribution >= 0.6 is 11.3 Å². The van der Waals surface area contributed by atoms with Crippen LogP contribution in [0, 0.1) is 32.6 Å². The molecule has 1 aromatic heterocycles. The number of hydrogen-bond acceptors (Lipinski definition) is 3. The van der Waals surface area contributed by atoms with Gasteiger partial charge >= 0.3 is 0 Å². The number of benzene rings is 1. The van der Waals surface area contributed by atoms with Gasteiger partial charge in [0.1, 0.15) is 6.61 Å². The fraction of sp³-hybridized carbons (Fsp3) is 0.235. The second-order valence-corrected chi connectivity index (χ2v) is 6.05. The molecule has 4 heteroatoms. The van der Waals surface area contributed by atoms with Crippen molar-refractivity contribution in [3.8, 4) is 11.8 Å². The summed E-state index contributed by atoms with van der Waals surface area (Å²) in [5.41, 5.74) is 3.70. The van der Waals surface area contributed by atoms with E-state index in [1.807, 2.05) is 45.0 Å². The van der Waals surface area contributed by atoms with E-state index in [1.54, 1.807) is 0 Å². The Labute approximate surface area is 128 Å². The second-order valence-electron chi connectivity index (χ2n) is 4.79. The molecule has 1 aromatic carbocycles. The molecular weight excluding hydrogens is 282 g/mol. The number of hydrogen-bond donors (Lipinski definition) is 2. The predicted octanol–water partition coefficient (Wildman–Crippen LogP) is 3.27. The molecule has 21 heavy (non-hydrogen) atoms. The van der Waals surface area contributed by atoms with E-state index >= 15 is 0 Å². The lowest BCUT2D eigenvalue weighted by Gasteiger charge is -2.06. The highest BCUT2D eigenvalue weighted by atomic mass is 32.1. The Hall–Kier alpha value is -2.09. The first-order valence-corrected chi connectivity index (χ1v) is 7.41. The molecule has 1 heterocycles. The number of nitrogens with one attached hydrogen (secondary N) is 1. The van der Waals surface area contributed by atoms with Gasteiger partial charge in [-0.2, -0.15) is 0 Å². The van der Waals surface area contributed by atoms with Gasteiger partial charge in [0.25, 0.3) is 5.91 Å². The first kappa shape index (κ1) is 15.3. The fourth-order valence-corrected chi connectivity index (χ4v) is 2.82. The topological polar surface area (TPSA) is 49.3 Å². The average Bonchev–Trinajstić information content (AvgIpc) is 2.78. The van der Waals surface area contributed by atoms with Gasteiger partial charge in [0, 0.05) is 16.1 Å². The maximum atomic E-state index is 12.2. The summed E-state index contributed by atoms with van der Waals surface area (Å²) in [6, 6.07) is 7.45. The molecule has 0 bridgehead atoms. The van der Waals surface area contributed by atoms with Crippen LogP contribution in [0.1, 0.15) is 31.2 Å². The van der Waals surface area contributed by atoms with E-state index in [0.717, 1.165) is 27.3 Å². The molecular formula is C17H17NO2S. The normalized spacial score (nSPS) is 9.90. The van der Waals surface area contributed by atoms with Gasteiger partial charge in [-0.1, -0.05) is 11.8 Å². The van der Waals surface area contributed by atoms with Crippen molar-refractivity contribution in [1.82, 2.24) is 0 Å². The summed E-state index contributed by atoms with van der Waals surface area (Å²) in [5.74, 6) is 5.40. The molecule has 0 aliphatic rings. The molecule has 0 aliphatic heterocycles. The first-order valence-electron chi connectivity index (χ1n) is 6.60. The summed E-state index contributed by atoms with van der Waals surface area (Å²) in [5, 5.41) is 11.6. The van der Waals surface area contributed by atoms with Crippen LogP contribution in [-0.2, 0) is 0 Å². The highest BCUT2D eigenvalue weighted by molar-refractivity contribution is 7.14. The van der Waals surface area contributed by atoms with Crippen LogP contribution in [0.15, 0.2) is 24.3 Å². The quantitative estimate of drug-likeness (QED) is 0.836. The Bertz CT molecular complexity index is 715. The Morgan fingerprint density at radius 3 is 2.57 bits per heavy atom. The molecule has 0 saturated carbocycles. The zero-order valence-electron chi connectivity index (χ0n) is 12.3. The monoisotopic (exact) mass is 299 g/mol. The Morgan fingerprint density at radius 2 is 2.00 bits per heavy atom. The van der Waals surface area contributed by atoms with Crippen LogP contribution in [0.2, 0.25) is 0 Å². The zero-order chi connectivity index (χ0) is 15.4. The van der Waals surface area contributed by atoms with Gasteiger partial charge < -0.3 is 10.4 Å². The summed E-state index contributed by atoms with van der Waals surface area (Å²) in [6.45, 7) is 5.78. The SMILES string of the molecule is Cc1cc(NC(=O)c2cc(C)c(C)s2)ccc1C#CCO. The van der Waals surface area contributed by atoms with Crippen LogP contribution in [0.5, 0.6) is 0 Å². The molecule has 2 N–H and O–H groups in total. The van der Waals surface area contributed by atoms with Crippen LogP contribution < -0.4 is 5.32 Å². The summed E-state index contributed by atoms with van der Waals surface area (Å²) < 4.78 is 0. The maximum absolute atomic E-state index is 12.2. The van der Waals surface area contributed by atoms with Gasteiger partial charge in [0.05, 0.1) is 4.88 Å². The highest BCUT2D eigenvalue weighted by Gasteiger charge is 2.11. The van der Waals surface area contributed by atoms with Crippen molar-refractivity contribution in [1.29, 1.82) is 0 Å². The largest absolute Gasteiger partial charge is 0.384 e. The van der Waals surface area contributed by atoms with Crippen molar-refractivity contribution in [2.45, 2.75) is 20.8 Å². The molecule has 0 saturated heterocycles. The predicted molar refractivity (Wildman–Crippen MR) is 86.9 cm³/mol. The molecule has 0 atom stereocenters. The van der Waals surface area contributed by atoms with E-state index in [1.165, 1.54) is 11.3 Å². The van der Waals surface area contributed by atoms with E-state index in [4.69, 9.17) is 5.11 Å². The Balaban J connectivity index is 2.16. The molecule has 1 amide bonds. The minimum atomic E-state index is -0.158. The molecule has 0 aliphatic carbocycles. The first-order chi connectivity index (χ1) is 10.0. The van der Waals surface area contributed by atoms with Crippen molar-refractivity contribution >= 4 is 22.9 Å². The lowest BCUT2D eigenvalue weighted by molar-refractivity contribution is 0.103. The summed E-state index contributed by atoms with van der Waals surface area (Å²) in [6.07, 6.45) is 0. The minimum Gasteiger partial charge on any atom is -0.384 e. The van der Waals surface area contributed by atoms with Gasteiger partial charge in [0.2, 0.25) is 0 Å². The van der Waals surface area contributed by atoms with Crippen molar-refractivity contribution in [2.75, 3.05) is 11.9 Å². The third-order valence-electron chi connectivity index (χ3n) is 3.18. The van der Waals surface area contributed by atoms with Crippen molar-refractivity contribution < 1.29 is 9.90 Å². The van der Waals surface area contributed by atoms with E-state index < -0.39 is 0 Å². The zero-order valence-corrected chi connectivity index (χ0v) is 13.1. The summed E-state index contributed by atoms with van der Waals surface area (Å²) in [4.78, 5) is 14.1. The number of aliphatic hydroxyl groups is 1. The second kappa shape index (κ2) is 6.57.